The monoisotopic (exact) mass is 888 g/mol. The van der Waals surface area contributed by atoms with Crippen molar-refractivity contribution in [2.24, 2.45) is 0 Å². The zero-order valence-electron chi connectivity index (χ0n) is 34.7. The molecule has 19 heteroatoms. The molecule has 0 spiro atoms. The Morgan fingerprint density at radius 1 is 0.754 bits per heavy atom. The molecule has 7 N–H and O–H groups in total. The van der Waals surface area contributed by atoms with Gasteiger partial charge in [-0.3, -0.25) is 14.4 Å². The summed E-state index contributed by atoms with van der Waals surface area (Å²) in [6.07, 6.45) is 5.00. The lowest BCUT2D eigenvalue weighted by Crippen LogP contribution is -3.00. The Balaban J connectivity index is 0.00000704. The van der Waals surface area contributed by atoms with Gasteiger partial charge in [-0.25, -0.2) is 9.97 Å². The molecule has 5 atom stereocenters. The van der Waals surface area contributed by atoms with Gasteiger partial charge in [-0.2, -0.15) is 0 Å². The SMILES string of the molecule is COC1COCC1NC(=O)COc1ccc(CCC[N+]2(CCCc3ccc(OCC(=O)NC4COCC4OC)cc3)CCC[C@H](NC(=O)c3nc(Cl)c(N)nc3N)C2)cc1.[Cl-]. The lowest BCUT2D eigenvalue weighted by atomic mass is 9.99. The highest BCUT2D eigenvalue weighted by molar-refractivity contribution is 6.31. The van der Waals surface area contributed by atoms with Crippen molar-refractivity contribution in [3.05, 3.63) is 70.5 Å². The van der Waals surface area contributed by atoms with Gasteiger partial charge in [0.1, 0.15) is 23.7 Å². The number of rotatable bonds is 20. The van der Waals surface area contributed by atoms with E-state index in [1.165, 1.54) is 11.1 Å². The largest absolute Gasteiger partial charge is 1.00 e. The van der Waals surface area contributed by atoms with Crippen LogP contribution in [0.4, 0.5) is 11.6 Å². The Morgan fingerprint density at radius 3 is 1.75 bits per heavy atom. The first-order chi connectivity index (χ1) is 29.0. The first kappa shape index (κ1) is 47.6. The average molecular weight is 890 g/mol. The standard InChI is InChI=1S/C42H57ClN8O9.ClH/c1-55-34-23-57-21-32(34)47-36(52)25-59-30-13-9-27(10-14-30)6-3-17-51(19-5-8-29(20-51)46-42(54)38-40(44)50-41(45)39(43)49-38)18-4-7-28-11-15-31(16-12-28)60-26-37(53)48-33-22-58-24-35(33)56-2;/h9-16,29,32-35H,3-8,17-26H2,1-2H3,(H6-,44,45,46,47,48,50,52,53,54);1H/t29-,32?,33?,34?,35?,51?;/m0./s1. The fraction of sp³-hybridized carbons (Fsp3) is 0.548. The zero-order chi connectivity index (χ0) is 42.5. The van der Waals surface area contributed by atoms with E-state index in [9.17, 15) is 14.4 Å². The van der Waals surface area contributed by atoms with Crippen LogP contribution in [0.1, 0.15) is 47.3 Å². The van der Waals surface area contributed by atoms with E-state index in [1.807, 2.05) is 48.5 Å². The summed E-state index contributed by atoms with van der Waals surface area (Å²) in [7, 11) is 3.21. The Bertz CT molecular complexity index is 1810. The van der Waals surface area contributed by atoms with Crippen LogP contribution in [0.5, 0.6) is 11.5 Å². The fourth-order valence-electron chi connectivity index (χ4n) is 8.16. The number of carbonyl (C=O) groups is 3. The third kappa shape index (κ3) is 13.8. The van der Waals surface area contributed by atoms with Crippen LogP contribution in [0.25, 0.3) is 0 Å². The number of carbonyl (C=O) groups excluding carboxylic acids is 3. The van der Waals surface area contributed by atoms with Crippen LogP contribution < -0.4 is 49.3 Å². The van der Waals surface area contributed by atoms with Crippen LogP contribution in [0, 0.1) is 0 Å². The predicted octanol–water partition coefficient (Wildman–Crippen LogP) is -0.909. The summed E-state index contributed by atoms with van der Waals surface area (Å²) in [5.41, 5.74) is 14.0. The van der Waals surface area contributed by atoms with Gasteiger partial charge in [0.25, 0.3) is 17.7 Å². The van der Waals surface area contributed by atoms with Crippen molar-refractivity contribution in [2.75, 3.05) is 91.5 Å². The molecule has 3 aliphatic rings. The number of hydrogen-bond donors (Lipinski definition) is 5. The van der Waals surface area contributed by atoms with Crippen molar-refractivity contribution in [1.82, 2.24) is 25.9 Å². The molecule has 0 bridgehead atoms. The molecule has 2 aromatic carbocycles. The Hall–Kier alpha value is -4.49. The normalized spacial score (nSPS) is 23.4. The number of nitrogens with two attached hydrogens (primary N) is 2. The molecule has 61 heavy (non-hydrogen) atoms. The molecule has 3 aliphatic heterocycles. The van der Waals surface area contributed by atoms with Crippen LogP contribution in [-0.2, 0) is 41.4 Å². The lowest BCUT2D eigenvalue weighted by molar-refractivity contribution is -0.933. The number of ether oxygens (including phenoxy) is 6. The maximum absolute atomic E-state index is 13.3. The number of amides is 3. The number of aromatic nitrogens is 2. The lowest BCUT2D eigenvalue weighted by Gasteiger charge is -2.45. The molecule has 0 radical (unpaired) electrons. The maximum atomic E-state index is 13.3. The maximum Gasteiger partial charge on any atom is 0.274 e. The second-order valence-electron chi connectivity index (χ2n) is 15.7. The van der Waals surface area contributed by atoms with Gasteiger partial charge in [-0.15, -0.1) is 0 Å². The average Bonchev–Trinajstić information content (AvgIpc) is 3.90. The summed E-state index contributed by atoms with van der Waals surface area (Å²) in [4.78, 5) is 46.4. The van der Waals surface area contributed by atoms with Gasteiger partial charge in [0.05, 0.1) is 70.7 Å². The Labute approximate surface area is 367 Å². The Morgan fingerprint density at radius 2 is 1.26 bits per heavy atom. The van der Waals surface area contributed by atoms with Crippen molar-refractivity contribution in [1.29, 1.82) is 0 Å². The number of halogens is 2. The van der Waals surface area contributed by atoms with Crippen LogP contribution in [-0.4, -0.2) is 143 Å². The van der Waals surface area contributed by atoms with Crippen molar-refractivity contribution in [3.63, 3.8) is 0 Å². The van der Waals surface area contributed by atoms with Crippen molar-refractivity contribution in [3.8, 4) is 11.5 Å². The second-order valence-corrected chi connectivity index (χ2v) is 16.0. The smallest absolute Gasteiger partial charge is 0.274 e. The summed E-state index contributed by atoms with van der Waals surface area (Å²) in [5, 5.41) is 8.91. The van der Waals surface area contributed by atoms with E-state index in [0.717, 1.165) is 69.2 Å². The molecule has 6 rings (SSSR count). The number of nitrogen functional groups attached to an aromatic ring is 2. The third-order valence-electron chi connectivity index (χ3n) is 11.4. The first-order valence-corrected chi connectivity index (χ1v) is 20.9. The molecule has 1 aromatic heterocycles. The van der Waals surface area contributed by atoms with Gasteiger partial charge in [0.2, 0.25) is 0 Å². The van der Waals surface area contributed by atoms with Gasteiger partial charge < -0.3 is 72.7 Å². The van der Waals surface area contributed by atoms with E-state index >= 15 is 0 Å². The summed E-state index contributed by atoms with van der Waals surface area (Å²) in [5.74, 6) is 0.262. The molecular formula is C42H58Cl2N8O9. The first-order valence-electron chi connectivity index (χ1n) is 20.5. The minimum atomic E-state index is -0.426. The molecule has 3 saturated heterocycles. The van der Waals surface area contributed by atoms with Crippen LogP contribution in [0.15, 0.2) is 48.5 Å². The summed E-state index contributed by atoms with van der Waals surface area (Å²) < 4.78 is 33.9. The van der Waals surface area contributed by atoms with Gasteiger partial charge in [-0.1, -0.05) is 35.9 Å². The predicted molar refractivity (Wildman–Crippen MR) is 224 cm³/mol. The molecule has 4 heterocycles. The number of benzene rings is 2. The van der Waals surface area contributed by atoms with Crippen LogP contribution >= 0.6 is 11.6 Å². The number of piperidine rings is 1. The molecule has 17 nitrogen and oxygen atoms in total. The highest BCUT2D eigenvalue weighted by Crippen LogP contribution is 2.25. The summed E-state index contributed by atoms with van der Waals surface area (Å²) in [6.45, 7) is 5.12. The molecule has 0 saturated carbocycles. The zero-order valence-corrected chi connectivity index (χ0v) is 36.3. The molecular weight excluding hydrogens is 831 g/mol. The number of hydrogen-bond acceptors (Lipinski definition) is 13. The minimum Gasteiger partial charge on any atom is -1.00 e. The third-order valence-corrected chi connectivity index (χ3v) is 11.7. The summed E-state index contributed by atoms with van der Waals surface area (Å²) >= 11 is 6.08. The van der Waals surface area contributed by atoms with E-state index in [2.05, 4.69) is 25.9 Å². The van der Waals surface area contributed by atoms with Gasteiger partial charge in [-0.05, 0) is 61.1 Å². The highest BCUT2D eigenvalue weighted by Gasteiger charge is 2.36. The number of nitrogens with zero attached hydrogens (tertiary/aromatic N) is 3. The summed E-state index contributed by atoms with van der Waals surface area (Å²) in [6, 6.07) is 15.2. The fourth-order valence-corrected chi connectivity index (χ4v) is 8.29. The number of likely N-dealkylation sites (tertiary alicyclic amines) is 1. The molecule has 4 unspecified atom stereocenters. The van der Waals surface area contributed by atoms with E-state index in [0.29, 0.717) is 37.9 Å². The minimum absolute atomic E-state index is 0. The van der Waals surface area contributed by atoms with Gasteiger partial charge in [0, 0.05) is 27.1 Å². The van der Waals surface area contributed by atoms with E-state index < -0.39 is 5.91 Å². The number of aryl methyl sites for hydroxylation is 2. The topological polar surface area (TPSA) is 221 Å². The number of anilines is 2. The quantitative estimate of drug-likeness (QED) is 0.0870. The second kappa shape index (κ2) is 23.1. The van der Waals surface area contributed by atoms with E-state index in [4.69, 9.17) is 51.5 Å². The highest BCUT2D eigenvalue weighted by atomic mass is 35.5. The van der Waals surface area contributed by atoms with Gasteiger partial charge >= 0.3 is 0 Å². The molecule has 3 aromatic rings. The van der Waals surface area contributed by atoms with Crippen LogP contribution in [0.3, 0.4) is 0 Å². The molecule has 3 amide bonds. The van der Waals surface area contributed by atoms with Crippen LogP contribution in [0.2, 0.25) is 5.15 Å². The number of methoxy groups -OCH3 is 2. The van der Waals surface area contributed by atoms with Crippen molar-refractivity contribution >= 4 is 41.0 Å². The van der Waals surface area contributed by atoms with E-state index in [1.54, 1.807) is 14.2 Å². The van der Waals surface area contributed by atoms with Crippen molar-refractivity contribution in [2.45, 2.75) is 68.9 Å². The number of nitrogens with one attached hydrogen (secondary N) is 3. The molecule has 334 valence electrons. The number of quaternary nitrogens is 1. The van der Waals surface area contributed by atoms with E-state index in [-0.39, 0.29) is 90.3 Å². The van der Waals surface area contributed by atoms with Crippen molar-refractivity contribution < 1.29 is 59.7 Å². The molecule has 0 aliphatic carbocycles. The molecule has 3 fully saturated rings. The Kier molecular flexibility index (Phi) is 18.0. The van der Waals surface area contributed by atoms with Gasteiger partial charge in [0.15, 0.2) is 35.7 Å².